The Kier molecular flexibility index (Phi) is 4.30. The van der Waals surface area contributed by atoms with Gasteiger partial charge in [-0.1, -0.05) is 0 Å². The van der Waals surface area contributed by atoms with Gasteiger partial charge in [0.25, 0.3) is 0 Å². The highest BCUT2D eigenvalue weighted by Crippen LogP contribution is 2.28. The van der Waals surface area contributed by atoms with Crippen molar-refractivity contribution >= 4 is 5.69 Å². The van der Waals surface area contributed by atoms with E-state index in [9.17, 15) is 0 Å². The molecule has 0 aliphatic heterocycles. The SMILES string of the molecule is COc1ccc(OC)c(NCCC#N)c1. The van der Waals surface area contributed by atoms with Gasteiger partial charge < -0.3 is 14.8 Å². The number of rotatable bonds is 5. The van der Waals surface area contributed by atoms with Crippen LogP contribution < -0.4 is 14.8 Å². The van der Waals surface area contributed by atoms with Gasteiger partial charge in [-0.15, -0.1) is 0 Å². The molecule has 0 atom stereocenters. The molecule has 0 spiro atoms. The van der Waals surface area contributed by atoms with E-state index in [2.05, 4.69) is 11.4 Å². The maximum atomic E-state index is 8.43. The van der Waals surface area contributed by atoms with Gasteiger partial charge in [-0.25, -0.2) is 0 Å². The quantitative estimate of drug-likeness (QED) is 0.749. The minimum Gasteiger partial charge on any atom is -0.497 e. The molecular weight excluding hydrogens is 192 g/mol. The molecule has 0 aromatic heterocycles. The molecule has 0 amide bonds. The van der Waals surface area contributed by atoms with Crippen molar-refractivity contribution in [2.75, 3.05) is 26.1 Å². The molecular formula is C11H14N2O2. The Bertz CT molecular complexity index is 358. The van der Waals surface area contributed by atoms with Crippen molar-refractivity contribution < 1.29 is 9.47 Å². The summed E-state index contributed by atoms with van der Waals surface area (Å²) >= 11 is 0. The molecule has 0 bridgehead atoms. The van der Waals surface area contributed by atoms with Crippen LogP contribution in [0, 0.1) is 11.3 Å². The topological polar surface area (TPSA) is 54.3 Å². The third-order valence-corrected chi connectivity index (χ3v) is 1.96. The molecule has 15 heavy (non-hydrogen) atoms. The van der Waals surface area contributed by atoms with Gasteiger partial charge in [0.15, 0.2) is 0 Å². The van der Waals surface area contributed by atoms with Crippen LogP contribution in [-0.2, 0) is 0 Å². The van der Waals surface area contributed by atoms with Crippen LogP contribution in [0.3, 0.4) is 0 Å². The zero-order chi connectivity index (χ0) is 11.1. The Balaban J connectivity index is 2.77. The summed E-state index contributed by atoms with van der Waals surface area (Å²) in [5.41, 5.74) is 0.840. The van der Waals surface area contributed by atoms with E-state index in [-0.39, 0.29) is 0 Å². The number of nitriles is 1. The fourth-order valence-corrected chi connectivity index (χ4v) is 1.21. The van der Waals surface area contributed by atoms with Gasteiger partial charge in [0, 0.05) is 12.6 Å². The summed E-state index contributed by atoms with van der Waals surface area (Å²) in [5, 5.41) is 11.5. The summed E-state index contributed by atoms with van der Waals surface area (Å²) in [5.74, 6) is 1.50. The predicted octanol–water partition coefficient (Wildman–Crippen LogP) is 2.03. The molecule has 0 radical (unpaired) electrons. The number of anilines is 1. The van der Waals surface area contributed by atoms with E-state index >= 15 is 0 Å². The third-order valence-electron chi connectivity index (χ3n) is 1.96. The molecule has 1 aromatic rings. The number of hydrogen-bond acceptors (Lipinski definition) is 4. The highest BCUT2D eigenvalue weighted by molar-refractivity contribution is 5.59. The number of nitrogens with zero attached hydrogens (tertiary/aromatic N) is 1. The van der Waals surface area contributed by atoms with Gasteiger partial charge in [-0.3, -0.25) is 0 Å². The van der Waals surface area contributed by atoms with Gasteiger partial charge in [0.2, 0.25) is 0 Å². The van der Waals surface area contributed by atoms with Gasteiger partial charge in [0.05, 0.1) is 32.4 Å². The van der Waals surface area contributed by atoms with E-state index in [1.54, 1.807) is 14.2 Å². The number of benzene rings is 1. The Labute approximate surface area is 89.4 Å². The average molecular weight is 206 g/mol. The fraction of sp³-hybridized carbons (Fsp3) is 0.364. The largest absolute Gasteiger partial charge is 0.497 e. The highest BCUT2D eigenvalue weighted by Gasteiger charge is 2.03. The van der Waals surface area contributed by atoms with Crippen LogP contribution in [0.25, 0.3) is 0 Å². The summed E-state index contributed by atoms with van der Waals surface area (Å²) in [6.45, 7) is 0.597. The number of ether oxygens (including phenoxy) is 2. The lowest BCUT2D eigenvalue weighted by molar-refractivity contribution is 0.404. The second-order valence-electron chi connectivity index (χ2n) is 2.90. The van der Waals surface area contributed by atoms with Crippen molar-refractivity contribution in [3.63, 3.8) is 0 Å². The van der Waals surface area contributed by atoms with Crippen LogP contribution >= 0.6 is 0 Å². The summed E-state index contributed by atoms with van der Waals surface area (Å²) in [6, 6.07) is 7.57. The van der Waals surface area contributed by atoms with Crippen molar-refractivity contribution in [2.45, 2.75) is 6.42 Å². The van der Waals surface area contributed by atoms with Crippen LogP contribution in [0.15, 0.2) is 18.2 Å². The van der Waals surface area contributed by atoms with Gasteiger partial charge >= 0.3 is 0 Å². The van der Waals surface area contributed by atoms with E-state index in [1.165, 1.54) is 0 Å². The van der Waals surface area contributed by atoms with E-state index < -0.39 is 0 Å². The normalized spacial score (nSPS) is 9.13. The smallest absolute Gasteiger partial charge is 0.142 e. The monoisotopic (exact) mass is 206 g/mol. The first-order chi connectivity index (χ1) is 7.31. The second kappa shape index (κ2) is 5.76. The molecule has 80 valence electrons. The zero-order valence-corrected chi connectivity index (χ0v) is 8.91. The first-order valence-electron chi connectivity index (χ1n) is 4.64. The Hall–Kier alpha value is -1.89. The molecule has 1 aromatic carbocycles. The lowest BCUT2D eigenvalue weighted by Gasteiger charge is -2.11. The van der Waals surface area contributed by atoms with E-state index in [1.807, 2.05) is 18.2 Å². The average Bonchev–Trinajstić information content (AvgIpc) is 2.29. The minimum atomic E-state index is 0.459. The van der Waals surface area contributed by atoms with Crippen molar-refractivity contribution in [1.29, 1.82) is 5.26 Å². The molecule has 0 fully saturated rings. The molecule has 0 aliphatic rings. The Morgan fingerprint density at radius 3 is 2.73 bits per heavy atom. The Morgan fingerprint density at radius 2 is 2.13 bits per heavy atom. The molecule has 0 saturated carbocycles. The van der Waals surface area contributed by atoms with E-state index in [0.717, 1.165) is 17.2 Å². The molecule has 1 N–H and O–H groups in total. The van der Waals surface area contributed by atoms with E-state index in [0.29, 0.717) is 13.0 Å². The van der Waals surface area contributed by atoms with Crippen molar-refractivity contribution in [3.8, 4) is 17.6 Å². The molecule has 1 rings (SSSR count). The van der Waals surface area contributed by atoms with Gasteiger partial charge in [0.1, 0.15) is 11.5 Å². The third kappa shape index (κ3) is 3.06. The predicted molar refractivity (Wildman–Crippen MR) is 58.3 cm³/mol. The molecule has 0 unspecified atom stereocenters. The number of nitrogens with one attached hydrogen (secondary N) is 1. The molecule has 0 saturated heterocycles. The second-order valence-corrected chi connectivity index (χ2v) is 2.90. The summed E-state index contributed by atoms with van der Waals surface area (Å²) in [4.78, 5) is 0. The Morgan fingerprint density at radius 1 is 1.33 bits per heavy atom. The fourth-order valence-electron chi connectivity index (χ4n) is 1.21. The summed E-state index contributed by atoms with van der Waals surface area (Å²) < 4.78 is 10.3. The summed E-state index contributed by atoms with van der Waals surface area (Å²) in [6.07, 6.45) is 0.459. The van der Waals surface area contributed by atoms with Crippen molar-refractivity contribution in [1.82, 2.24) is 0 Å². The van der Waals surface area contributed by atoms with Crippen LogP contribution in [0.5, 0.6) is 11.5 Å². The van der Waals surface area contributed by atoms with Crippen LogP contribution in [0.2, 0.25) is 0 Å². The van der Waals surface area contributed by atoms with Crippen LogP contribution in [0.1, 0.15) is 6.42 Å². The number of hydrogen-bond donors (Lipinski definition) is 1. The summed E-state index contributed by atoms with van der Waals surface area (Å²) in [7, 11) is 3.22. The zero-order valence-electron chi connectivity index (χ0n) is 8.91. The first-order valence-corrected chi connectivity index (χ1v) is 4.64. The van der Waals surface area contributed by atoms with Crippen molar-refractivity contribution in [2.24, 2.45) is 0 Å². The first kappa shape index (κ1) is 11.2. The van der Waals surface area contributed by atoms with Gasteiger partial charge in [-0.2, -0.15) is 5.26 Å². The van der Waals surface area contributed by atoms with Crippen LogP contribution in [0.4, 0.5) is 5.69 Å². The van der Waals surface area contributed by atoms with Gasteiger partial charge in [-0.05, 0) is 12.1 Å². The highest BCUT2D eigenvalue weighted by atomic mass is 16.5. The number of methoxy groups -OCH3 is 2. The molecule has 4 nitrogen and oxygen atoms in total. The maximum absolute atomic E-state index is 8.43. The standard InChI is InChI=1S/C11H14N2O2/c1-14-9-4-5-11(15-2)10(8-9)13-7-3-6-12/h4-5,8,13H,3,7H2,1-2H3. The van der Waals surface area contributed by atoms with E-state index in [4.69, 9.17) is 14.7 Å². The van der Waals surface area contributed by atoms with Crippen molar-refractivity contribution in [3.05, 3.63) is 18.2 Å². The lowest BCUT2D eigenvalue weighted by atomic mass is 10.2. The maximum Gasteiger partial charge on any atom is 0.142 e. The molecule has 0 aliphatic carbocycles. The minimum absolute atomic E-state index is 0.459. The molecule has 4 heteroatoms. The van der Waals surface area contributed by atoms with Crippen LogP contribution in [-0.4, -0.2) is 20.8 Å². The molecule has 0 heterocycles. The lowest BCUT2D eigenvalue weighted by Crippen LogP contribution is -2.02.